The highest BCUT2D eigenvalue weighted by molar-refractivity contribution is 7.90. The van der Waals surface area contributed by atoms with Crippen molar-refractivity contribution in [1.29, 1.82) is 0 Å². The standard InChI is InChI=1S/C30H49N3O5S/c1-6-33(27(34)22-23-12-14-26(15-13-23)39(5,36)37)25-16-19-32(20-17-25)21-18-30(31,24-10-8-7-9-11-24)28(35)38-29(2,3)4/h12-15,24-25H,6-11,16-22,31H2,1-5H3. The van der Waals surface area contributed by atoms with Crippen molar-refractivity contribution in [3.05, 3.63) is 29.8 Å². The van der Waals surface area contributed by atoms with Gasteiger partial charge in [0.05, 0.1) is 11.3 Å². The second-order valence-corrected chi connectivity index (χ2v) is 14.5. The van der Waals surface area contributed by atoms with Crippen LogP contribution in [0.25, 0.3) is 0 Å². The van der Waals surface area contributed by atoms with E-state index in [0.29, 0.717) is 13.0 Å². The van der Waals surface area contributed by atoms with Crippen LogP contribution in [0.3, 0.4) is 0 Å². The summed E-state index contributed by atoms with van der Waals surface area (Å²) in [6.45, 7) is 10.8. The van der Waals surface area contributed by atoms with Crippen molar-refractivity contribution in [2.45, 2.75) is 108 Å². The van der Waals surface area contributed by atoms with Crippen LogP contribution in [0.2, 0.25) is 0 Å². The molecule has 1 aromatic carbocycles. The second kappa shape index (κ2) is 13.1. The highest BCUT2D eigenvalue weighted by atomic mass is 32.2. The van der Waals surface area contributed by atoms with Gasteiger partial charge >= 0.3 is 5.97 Å². The topological polar surface area (TPSA) is 110 Å². The van der Waals surface area contributed by atoms with Crippen molar-refractivity contribution >= 4 is 21.7 Å². The minimum atomic E-state index is -3.26. The lowest BCUT2D eigenvalue weighted by atomic mass is 9.73. The molecule has 0 radical (unpaired) electrons. The first kappa shape index (κ1) is 31.6. The van der Waals surface area contributed by atoms with E-state index in [1.54, 1.807) is 24.3 Å². The van der Waals surface area contributed by atoms with Gasteiger partial charge in [-0.1, -0.05) is 31.4 Å². The highest BCUT2D eigenvalue weighted by Gasteiger charge is 2.45. The van der Waals surface area contributed by atoms with Gasteiger partial charge in [-0.25, -0.2) is 8.42 Å². The molecule has 1 aliphatic carbocycles. The summed E-state index contributed by atoms with van der Waals surface area (Å²) >= 11 is 0. The average Bonchev–Trinajstić information content (AvgIpc) is 2.87. The number of likely N-dealkylation sites (tertiary alicyclic amines) is 1. The summed E-state index contributed by atoms with van der Waals surface area (Å²) < 4.78 is 29.2. The molecule has 8 nitrogen and oxygen atoms in total. The number of likely N-dealkylation sites (N-methyl/N-ethyl adjacent to an activating group) is 1. The number of nitrogens with two attached hydrogens (primary N) is 1. The molecule has 220 valence electrons. The lowest BCUT2D eigenvalue weighted by Crippen LogP contribution is -2.58. The minimum absolute atomic E-state index is 0.0613. The molecule has 2 fully saturated rings. The normalized spacial score (nSPS) is 19.8. The summed E-state index contributed by atoms with van der Waals surface area (Å²) in [6, 6.07) is 6.74. The van der Waals surface area contributed by atoms with Crippen molar-refractivity contribution < 1.29 is 22.7 Å². The largest absolute Gasteiger partial charge is 0.459 e. The van der Waals surface area contributed by atoms with E-state index in [1.807, 2.05) is 32.6 Å². The van der Waals surface area contributed by atoms with Gasteiger partial charge in [0.15, 0.2) is 9.84 Å². The Balaban J connectivity index is 1.56. The summed E-state index contributed by atoms with van der Waals surface area (Å²) in [5.41, 5.74) is 6.17. The maximum Gasteiger partial charge on any atom is 0.326 e. The molecule has 0 aromatic heterocycles. The van der Waals surface area contributed by atoms with Crippen LogP contribution < -0.4 is 5.73 Å². The molecule has 2 N–H and O–H groups in total. The number of hydrogen-bond acceptors (Lipinski definition) is 7. The van der Waals surface area contributed by atoms with E-state index in [4.69, 9.17) is 10.5 Å². The van der Waals surface area contributed by atoms with Gasteiger partial charge < -0.3 is 20.3 Å². The van der Waals surface area contributed by atoms with Crippen LogP contribution in [-0.2, 0) is 30.6 Å². The highest BCUT2D eigenvalue weighted by Crippen LogP contribution is 2.35. The Morgan fingerprint density at radius 3 is 2.13 bits per heavy atom. The first-order chi connectivity index (χ1) is 18.2. The summed E-state index contributed by atoms with van der Waals surface area (Å²) in [6.07, 6.45) is 9.14. The number of benzene rings is 1. The summed E-state index contributed by atoms with van der Waals surface area (Å²) in [4.78, 5) is 31.0. The lowest BCUT2D eigenvalue weighted by Gasteiger charge is -2.42. The van der Waals surface area contributed by atoms with Crippen molar-refractivity contribution in [1.82, 2.24) is 9.80 Å². The molecule has 2 aliphatic rings. The first-order valence-electron chi connectivity index (χ1n) is 14.6. The van der Waals surface area contributed by atoms with Crippen LogP contribution >= 0.6 is 0 Å². The first-order valence-corrected chi connectivity index (χ1v) is 16.4. The monoisotopic (exact) mass is 563 g/mol. The van der Waals surface area contributed by atoms with Crippen LogP contribution in [0.5, 0.6) is 0 Å². The van der Waals surface area contributed by atoms with E-state index >= 15 is 0 Å². The van der Waals surface area contributed by atoms with Crippen LogP contribution in [-0.4, -0.2) is 79.7 Å². The van der Waals surface area contributed by atoms with Crippen LogP contribution in [0.4, 0.5) is 0 Å². The molecule has 3 rings (SSSR count). The molecular weight excluding hydrogens is 514 g/mol. The third-order valence-corrected chi connectivity index (χ3v) is 9.45. The van der Waals surface area contributed by atoms with Crippen molar-refractivity contribution in [3.63, 3.8) is 0 Å². The van der Waals surface area contributed by atoms with E-state index in [-0.39, 0.29) is 35.2 Å². The van der Waals surface area contributed by atoms with E-state index in [2.05, 4.69) is 4.90 Å². The molecule has 9 heteroatoms. The maximum atomic E-state index is 13.3. The smallest absolute Gasteiger partial charge is 0.326 e. The zero-order valence-corrected chi connectivity index (χ0v) is 25.4. The van der Waals surface area contributed by atoms with Crippen molar-refractivity contribution in [2.24, 2.45) is 11.7 Å². The van der Waals surface area contributed by atoms with Crippen LogP contribution in [0.1, 0.15) is 84.6 Å². The quantitative estimate of drug-likeness (QED) is 0.429. The predicted molar refractivity (Wildman–Crippen MR) is 154 cm³/mol. The Kier molecular flexibility index (Phi) is 10.6. The number of carbonyl (C=O) groups excluding carboxylic acids is 2. The Hall–Kier alpha value is -1.97. The van der Waals surface area contributed by atoms with Gasteiger partial charge in [-0.05, 0) is 83.4 Å². The number of nitrogens with zero attached hydrogens (tertiary/aromatic N) is 2. The minimum Gasteiger partial charge on any atom is -0.459 e. The van der Waals surface area contributed by atoms with E-state index < -0.39 is 21.0 Å². The Labute approximate surface area is 235 Å². The number of sulfone groups is 1. The van der Waals surface area contributed by atoms with E-state index in [1.165, 1.54) is 12.7 Å². The van der Waals surface area contributed by atoms with Gasteiger partial charge in [0, 0.05) is 38.5 Å². The molecule has 1 unspecified atom stereocenters. The van der Waals surface area contributed by atoms with Crippen molar-refractivity contribution in [3.8, 4) is 0 Å². The Bertz CT molecular complexity index is 1070. The van der Waals surface area contributed by atoms with E-state index in [0.717, 1.165) is 63.7 Å². The Morgan fingerprint density at radius 2 is 1.62 bits per heavy atom. The molecular formula is C30H49N3O5S. The van der Waals surface area contributed by atoms with E-state index in [9.17, 15) is 18.0 Å². The van der Waals surface area contributed by atoms with Gasteiger partial charge in [0.2, 0.25) is 5.91 Å². The summed E-state index contributed by atoms with van der Waals surface area (Å²) in [7, 11) is -3.26. The zero-order valence-electron chi connectivity index (χ0n) is 24.6. The van der Waals surface area contributed by atoms with Gasteiger partial charge in [-0.15, -0.1) is 0 Å². The molecule has 0 bridgehead atoms. The number of esters is 1. The lowest BCUT2D eigenvalue weighted by molar-refractivity contribution is -0.165. The fraction of sp³-hybridized carbons (Fsp3) is 0.733. The number of rotatable bonds is 10. The fourth-order valence-electron chi connectivity index (χ4n) is 6.03. The number of piperidine rings is 1. The Morgan fingerprint density at radius 1 is 1.03 bits per heavy atom. The molecule has 1 amide bonds. The predicted octanol–water partition coefficient (Wildman–Crippen LogP) is 3.96. The molecule has 1 saturated carbocycles. The molecule has 1 atom stereocenters. The van der Waals surface area contributed by atoms with Gasteiger partial charge in [-0.3, -0.25) is 9.59 Å². The molecule has 1 aliphatic heterocycles. The van der Waals surface area contributed by atoms with Crippen molar-refractivity contribution in [2.75, 3.05) is 32.4 Å². The average molecular weight is 564 g/mol. The summed E-state index contributed by atoms with van der Waals surface area (Å²) in [5, 5.41) is 0. The fourth-order valence-corrected chi connectivity index (χ4v) is 6.66. The maximum absolute atomic E-state index is 13.3. The SMILES string of the molecule is CCN(C(=O)Cc1ccc(S(C)(=O)=O)cc1)C1CCN(CCC(N)(C(=O)OC(C)(C)C)C2CCCCC2)CC1. The second-order valence-electron chi connectivity index (χ2n) is 12.5. The van der Waals surface area contributed by atoms with Crippen LogP contribution in [0.15, 0.2) is 29.2 Å². The third-order valence-electron chi connectivity index (χ3n) is 8.32. The number of amides is 1. The summed E-state index contributed by atoms with van der Waals surface area (Å²) in [5.74, 6) is -0.0614. The molecule has 1 aromatic rings. The molecule has 39 heavy (non-hydrogen) atoms. The molecule has 0 spiro atoms. The third kappa shape index (κ3) is 8.76. The van der Waals surface area contributed by atoms with Crippen LogP contribution in [0, 0.1) is 5.92 Å². The molecule has 1 saturated heterocycles. The zero-order chi connectivity index (χ0) is 28.8. The number of hydrogen-bond donors (Lipinski definition) is 1. The van der Waals surface area contributed by atoms with Gasteiger partial charge in [0.25, 0.3) is 0 Å². The molecule has 1 heterocycles. The number of ether oxygens (including phenoxy) is 1. The number of carbonyl (C=O) groups is 2. The van der Waals surface area contributed by atoms with Gasteiger partial charge in [0.1, 0.15) is 11.1 Å². The van der Waals surface area contributed by atoms with Gasteiger partial charge in [-0.2, -0.15) is 0 Å².